The van der Waals surface area contributed by atoms with Crippen LogP contribution in [0.25, 0.3) is 10.9 Å². The van der Waals surface area contributed by atoms with Gasteiger partial charge in [0.2, 0.25) is 0 Å². The monoisotopic (exact) mass is 871 g/mol. The highest BCUT2D eigenvalue weighted by molar-refractivity contribution is 5.94. The summed E-state index contributed by atoms with van der Waals surface area (Å²) >= 11 is 0. The van der Waals surface area contributed by atoms with Crippen LogP contribution in [0.15, 0.2) is 83.0 Å². The minimum absolute atomic E-state index is 0.0329. The highest BCUT2D eigenvalue weighted by atomic mass is 16.6. The second kappa shape index (κ2) is 15.7. The first-order valence-corrected chi connectivity index (χ1v) is 23.1. The maximum absolute atomic E-state index is 15.4. The number of nitrogens with zero attached hydrogens (tertiary/aromatic N) is 3. The van der Waals surface area contributed by atoms with Crippen molar-refractivity contribution in [3.63, 3.8) is 0 Å². The van der Waals surface area contributed by atoms with E-state index in [1.54, 1.807) is 19.2 Å². The van der Waals surface area contributed by atoms with E-state index < -0.39 is 45.9 Å². The summed E-state index contributed by atoms with van der Waals surface area (Å²) < 4.78 is 24.3. The Morgan fingerprint density at radius 3 is 2.61 bits per heavy atom. The number of aromatic amines is 1. The lowest BCUT2D eigenvalue weighted by Gasteiger charge is -2.65. The largest absolute Gasteiger partial charge is 0.496 e. The highest BCUT2D eigenvalue weighted by Crippen LogP contribution is 2.68. The average Bonchev–Trinajstić information content (AvgIpc) is 4.11. The van der Waals surface area contributed by atoms with Crippen LogP contribution in [0.5, 0.6) is 5.75 Å². The van der Waals surface area contributed by atoms with Gasteiger partial charge >= 0.3 is 11.9 Å². The number of H-pyrrole nitrogens is 1. The first kappa shape index (κ1) is 42.6. The van der Waals surface area contributed by atoms with Crippen molar-refractivity contribution in [2.45, 2.75) is 93.9 Å². The minimum atomic E-state index is -1.68. The molecular weight excluding hydrogens is 811 g/mol. The number of carbonyl (C=O) groups excluding carboxylic acids is 3. The molecule has 7 heterocycles. The number of aliphatic hydroxyl groups is 1. The molecule has 2 aromatic carbocycles. The molecule has 6 aliphatic rings. The molecule has 5 aliphatic heterocycles. The molecule has 1 saturated heterocycles. The van der Waals surface area contributed by atoms with Crippen molar-refractivity contribution in [2.75, 3.05) is 65.4 Å². The van der Waals surface area contributed by atoms with E-state index in [4.69, 9.17) is 18.6 Å². The third kappa shape index (κ3) is 5.95. The molecule has 338 valence electrons. The first-order chi connectivity index (χ1) is 30.9. The molecule has 1 saturated carbocycles. The number of anilines is 1. The Labute approximate surface area is 374 Å². The number of aromatic nitrogens is 1. The van der Waals surface area contributed by atoms with Crippen molar-refractivity contribution >= 4 is 34.4 Å². The summed E-state index contributed by atoms with van der Waals surface area (Å²) in [6.07, 6.45) is 10.7. The van der Waals surface area contributed by atoms with E-state index in [-0.39, 0.29) is 36.7 Å². The number of hydrogen-bond acceptors (Lipinski definition) is 11. The van der Waals surface area contributed by atoms with Crippen molar-refractivity contribution < 1.29 is 38.1 Å². The number of nitrogens with one attached hydrogen (secondary N) is 2. The lowest BCUT2D eigenvalue weighted by Crippen LogP contribution is -2.79. The van der Waals surface area contributed by atoms with Crippen LogP contribution in [0.2, 0.25) is 0 Å². The number of methoxy groups -OCH3 is 2. The Kier molecular flexibility index (Phi) is 10.4. The maximum Gasteiger partial charge on any atom is 0.322 e. The van der Waals surface area contributed by atoms with Gasteiger partial charge in [-0.2, -0.15) is 0 Å². The summed E-state index contributed by atoms with van der Waals surface area (Å²) in [6, 6.07) is 15.1. The van der Waals surface area contributed by atoms with Gasteiger partial charge in [-0.05, 0) is 86.4 Å². The van der Waals surface area contributed by atoms with Gasteiger partial charge in [-0.1, -0.05) is 55.8 Å². The average molecular weight is 872 g/mol. The quantitative estimate of drug-likeness (QED) is 0.127. The highest BCUT2D eigenvalue weighted by Gasteiger charge is 2.77. The molecule has 4 aromatic rings. The lowest BCUT2D eigenvalue weighted by molar-refractivity contribution is -0.220. The molecule has 1 spiro atoms. The van der Waals surface area contributed by atoms with Gasteiger partial charge in [0, 0.05) is 97.5 Å². The summed E-state index contributed by atoms with van der Waals surface area (Å²) in [5.74, 6) is -0.480. The van der Waals surface area contributed by atoms with Crippen LogP contribution in [0.4, 0.5) is 5.69 Å². The third-order valence-electron chi connectivity index (χ3n) is 16.2. The van der Waals surface area contributed by atoms with Gasteiger partial charge in [0.05, 0.1) is 26.5 Å². The van der Waals surface area contributed by atoms with E-state index in [9.17, 15) is 14.7 Å². The Morgan fingerprint density at radius 1 is 1.05 bits per heavy atom. The molecule has 2 bridgehead atoms. The van der Waals surface area contributed by atoms with Gasteiger partial charge in [0.25, 0.3) is 5.91 Å². The summed E-state index contributed by atoms with van der Waals surface area (Å²) in [5.41, 5.74) is 2.36. The van der Waals surface area contributed by atoms with Crippen LogP contribution in [-0.4, -0.2) is 122 Å². The van der Waals surface area contributed by atoms with Gasteiger partial charge in [0.1, 0.15) is 22.9 Å². The predicted octanol–water partition coefficient (Wildman–Crippen LogP) is 6.04. The number of rotatable bonds is 10. The Balaban J connectivity index is 1.22. The molecule has 9 atom stereocenters. The number of benzene rings is 2. The van der Waals surface area contributed by atoms with Crippen LogP contribution in [0.3, 0.4) is 0 Å². The van der Waals surface area contributed by atoms with Crippen molar-refractivity contribution in [3.05, 3.63) is 107 Å². The van der Waals surface area contributed by atoms with E-state index in [1.165, 1.54) is 25.9 Å². The van der Waals surface area contributed by atoms with Gasteiger partial charge in [0.15, 0.2) is 5.76 Å². The Bertz CT molecular complexity index is 2560. The number of ether oxygens (including phenoxy) is 3. The van der Waals surface area contributed by atoms with Crippen molar-refractivity contribution in [3.8, 4) is 5.75 Å². The Morgan fingerprint density at radius 2 is 1.88 bits per heavy atom. The molecule has 64 heavy (non-hydrogen) atoms. The number of furan rings is 1. The van der Waals surface area contributed by atoms with Crippen molar-refractivity contribution in [1.29, 1.82) is 0 Å². The molecule has 2 fully saturated rings. The van der Waals surface area contributed by atoms with Crippen LogP contribution >= 0.6 is 0 Å². The van der Waals surface area contributed by atoms with E-state index in [1.807, 2.05) is 13.1 Å². The fourth-order valence-corrected chi connectivity index (χ4v) is 14.0. The van der Waals surface area contributed by atoms with Crippen LogP contribution in [-0.2, 0) is 36.3 Å². The number of esters is 2. The molecule has 2 aromatic heterocycles. The zero-order valence-corrected chi connectivity index (χ0v) is 37.9. The summed E-state index contributed by atoms with van der Waals surface area (Å²) in [5, 5.41) is 18.0. The predicted molar refractivity (Wildman–Crippen MR) is 243 cm³/mol. The smallest absolute Gasteiger partial charge is 0.322 e. The fraction of sp³-hybridized carbons (Fsp3) is 0.510. The molecule has 0 radical (unpaired) electrons. The zero-order valence-electron chi connectivity index (χ0n) is 37.9. The number of fused-ring (bicyclic) bond motifs is 6. The van der Waals surface area contributed by atoms with E-state index in [0.717, 1.165) is 78.0 Å². The Hall–Kier alpha value is -5.37. The minimum Gasteiger partial charge on any atom is -0.496 e. The number of amides is 1. The number of likely N-dealkylation sites (N-methyl/N-ethyl adjacent to an activating group) is 1. The second-order valence-electron chi connectivity index (χ2n) is 19.2. The first-order valence-electron chi connectivity index (χ1n) is 23.1. The van der Waals surface area contributed by atoms with E-state index in [0.29, 0.717) is 31.6 Å². The van der Waals surface area contributed by atoms with Crippen LogP contribution < -0.4 is 15.0 Å². The number of hydrogen-bond donors (Lipinski definition) is 3. The molecule has 1 unspecified atom stereocenters. The fourth-order valence-electron chi connectivity index (χ4n) is 14.0. The molecule has 13 heteroatoms. The zero-order chi connectivity index (χ0) is 44.8. The summed E-state index contributed by atoms with van der Waals surface area (Å²) in [4.78, 5) is 53.0. The second-order valence-corrected chi connectivity index (χ2v) is 19.2. The summed E-state index contributed by atoms with van der Waals surface area (Å²) in [6.45, 7) is 9.85. The maximum atomic E-state index is 15.4. The lowest BCUT2D eigenvalue weighted by atomic mass is 9.47. The molecule has 3 N–H and O–H groups in total. The molecule has 1 aliphatic carbocycles. The van der Waals surface area contributed by atoms with Gasteiger partial charge in [-0.3, -0.25) is 24.2 Å². The van der Waals surface area contributed by atoms with Gasteiger partial charge < -0.3 is 38.9 Å². The van der Waals surface area contributed by atoms with E-state index >= 15 is 4.79 Å². The summed E-state index contributed by atoms with van der Waals surface area (Å²) in [7, 11) is 5.16. The standard InChI is InChI=1S/C51H61N5O8/c1-7-32-25-33-28-50(47(59)62-6,42-35(16-22-55(29-32)30-33)34-13-9-10-14-38(34)53-42)37-26-36-39(27-41(37)61-5)54(4)45-49(36)19-23-56-21-12-17-48(8-2,44(49)56)46(64-31(3)57)51(45,60)18-20-52-43(58)40-15-11-24-63-40/h9-15,17,24-27,33,44-46,53,60H,7-8,16,18-23,28-30H2,1-6H3,(H,52,58)/t33-,44+,45-,46-,48-,49-,50+,51+/m1/s1. The third-order valence-corrected chi connectivity index (χ3v) is 16.2. The molecular formula is C51H61N5O8. The van der Waals surface area contributed by atoms with Gasteiger partial charge in [-0.15, -0.1) is 0 Å². The van der Waals surface area contributed by atoms with Crippen LogP contribution in [0, 0.1) is 11.3 Å². The van der Waals surface area contributed by atoms with Crippen molar-refractivity contribution in [2.24, 2.45) is 11.3 Å². The normalized spacial score (nSPS) is 32.6. The number of carbonyl (C=O) groups is 3. The number of para-hydroxylation sites is 1. The van der Waals surface area contributed by atoms with Crippen molar-refractivity contribution in [1.82, 2.24) is 20.1 Å². The SMILES string of the molecule is CCC1=C[C@H]2CN(CCc3c([nH]c4ccccc34)[C@@](C(=O)OC)(c3cc4c(cc3OC)N(C)[C@H]3[C@@](O)(CCNC(=O)c5ccco5)[C@H](OC(C)=O)[C@]5(CC)C=CCN6CC[C@]43[C@@H]65)C2)C1. The molecule has 1 amide bonds. The van der Waals surface area contributed by atoms with Gasteiger partial charge in [-0.25, -0.2) is 0 Å². The molecule has 13 nitrogen and oxygen atoms in total. The molecule has 10 rings (SSSR count). The van der Waals surface area contributed by atoms with E-state index in [2.05, 4.69) is 87.4 Å². The van der Waals surface area contributed by atoms with Crippen LogP contribution in [0.1, 0.15) is 85.8 Å². The topological polar surface area (TPSA) is 150 Å².